The number of carbonyl (C=O) groups is 2. The largest absolute Gasteiger partial charge is 0.450 e. The number of carbonyl (C=O) groups excluding carboxylic acids is 2. The molecule has 0 spiro atoms. The molecule has 3 N–H and O–H groups in total. The van der Waals surface area contributed by atoms with E-state index in [1.165, 1.54) is 17.4 Å². The smallest absolute Gasteiger partial charge is 0.292 e. The molecule has 1 aliphatic carbocycles. The lowest BCUT2D eigenvalue weighted by atomic mass is 9.95. The van der Waals surface area contributed by atoms with Crippen LogP contribution in [-0.4, -0.2) is 11.8 Å². The Kier molecular flexibility index (Phi) is 4.55. The average molecular weight is 396 g/mol. The van der Waals surface area contributed by atoms with Gasteiger partial charge in [0.25, 0.3) is 11.8 Å². The number of fused-ring (bicyclic) bond motifs is 2. The highest BCUT2D eigenvalue weighted by molar-refractivity contribution is 7.17. The van der Waals surface area contributed by atoms with Gasteiger partial charge in [-0.15, -0.1) is 11.3 Å². The highest BCUT2D eigenvalue weighted by Gasteiger charge is 2.26. The van der Waals surface area contributed by atoms with Crippen molar-refractivity contribution in [3.63, 3.8) is 0 Å². The molecule has 144 valence electrons. The average Bonchev–Trinajstić information content (AvgIpc) is 3.00. The monoisotopic (exact) mass is 396 g/mol. The maximum absolute atomic E-state index is 12.8. The molecule has 2 amide bonds. The first-order valence-electron chi connectivity index (χ1n) is 9.16. The first-order valence-corrected chi connectivity index (χ1v) is 9.97. The Morgan fingerprint density at radius 1 is 1.14 bits per heavy atom. The highest BCUT2D eigenvalue weighted by Crippen LogP contribution is 2.38. The molecule has 0 aliphatic heterocycles. The van der Waals surface area contributed by atoms with Gasteiger partial charge in [-0.1, -0.05) is 6.07 Å². The van der Waals surface area contributed by atoms with Crippen LogP contribution < -0.4 is 16.5 Å². The Labute approximate surface area is 165 Å². The number of hydrogen-bond donors (Lipinski definition) is 2. The first kappa shape index (κ1) is 18.4. The van der Waals surface area contributed by atoms with Crippen LogP contribution in [0.5, 0.6) is 0 Å². The van der Waals surface area contributed by atoms with E-state index in [4.69, 9.17) is 10.2 Å². The minimum Gasteiger partial charge on any atom is -0.450 e. The van der Waals surface area contributed by atoms with Crippen molar-refractivity contribution in [1.29, 1.82) is 0 Å². The number of aryl methyl sites for hydroxylation is 3. The Bertz CT molecular complexity index is 1190. The van der Waals surface area contributed by atoms with E-state index in [1.807, 2.05) is 19.9 Å². The summed E-state index contributed by atoms with van der Waals surface area (Å²) < 4.78 is 5.74. The molecule has 0 unspecified atom stereocenters. The van der Waals surface area contributed by atoms with Crippen LogP contribution in [-0.2, 0) is 12.8 Å². The molecule has 2 aromatic heterocycles. The van der Waals surface area contributed by atoms with Gasteiger partial charge in [-0.05, 0) is 62.3 Å². The highest BCUT2D eigenvalue weighted by atomic mass is 32.1. The van der Waals surface area contributed by atoms with Gasteiger partial charge in [-0.3, -0.25) is 14.4 Å². The molecule has 0 radical (unpaired) electrons. The Hall–Kier alpha value is -2.93. The minimum absolute atomic E-state index is 0.0914. The number of hydrogen-bond acceptors (Lipinski definition) is 5. The lowest BCUT2D eigenvalue weighted by molar-refractivity contribution is 0.0997. The maximum atomic E-state index is 12.8. The zero-order valence-electron chi connectivity index (χ0n) is 15.7. The van der Waals surface area contributed by atoms with Gasteiger partial charge >= 0.3 is 0 Å². The zero-order valence-corrected chi connectivity index (χ0v) is 16.5. The summed E-state index contributed by atoms with van der Waals surface area (Å²) in [5.74, 6) is -1.22. The molecular weight excluding hydrogens is 376 g/mol. The molecule has 2 heterocycles. The molecule has 7 heteroatoms. The van der Waals surface area contributed by atoms with Gasteiger partial charge in [0.15, 0.2) is 11.2 Å². The number of primary amides is 1. The molecule has 28 heavy (non-hydrogen) atoms. The number of rotatable bonds is 3. The molecular formula is C21H20N2O4S. The zero-order chi connectivity index (χ0) is 20.0. The summed E-state index contributed by atoms with van der Waals surface area (Å²) in [5.41, 5.74) is 8.73. The van der Waals surface area contributed by atoms with Gasteiger partial charge in [0.05, 0.1) is 10.9 Å². The fourth-order valence-corrected chi connectivity index (χ4v) is 5.09. The van der Waals surface area contributed by atoms with Gasteiger partial charge in [0.2, 0.25) is 0 Å². The van der Waals surface area contributed by atoms with Crippen LogP contribution in [0.25, 0.3) is 11.0 Å². The van der Waals surface area contributed by atoms with Crippen molar-refractivity contribution in [1.82, 2.24) is 0 Å². The topological polar surface area (TPSA) is 102 Å². The third-order valence-electron chi connectivity index (χ3n) is 5.03. The van der Waals surface area contributed by atoms with E-state index in [0.29, 0.717) is 21.5 Å². The van der Waals surface area contributed by atoms with Crippen LogP contribution in [0.4, 0.5) is 5.00 Å². The van der Waals surface area contributed by atoms with Gasteiger partial charge in [-0.25, -0.2) is 0 Å². The number of nitrogens with one attached hydrogen (secondary N) is 1. The Balaban J connectivity index is 1.75. The predicted molar refractivity (Wildman–Crippen MR) is 109 cm³/mol. The van der Waals surface area contributed by atoms with E-state index < -0.39 is 11.8 Å². The quantitative estimate of drug-likeness (QED) is 0.704. The minimum atomic E-state index is -0.569. The van der Waals surface area contributed by atoms with Gasteiger partial charge in [-0.2, -0.15) is 0 Å². The molecule has 1 aliphatic rings. The fraction of sp³-hybridized carbons (Fsp3) is 0.286. The van der Waals surface area contributed by atoms with Crippen LogP contribution >= 0.6 is 11.3 Å². The van der Waals surface area contributed by atoms with Gasteiger partial charge in [0.1, 0.15) is 10.6 Å². The van der Waals surface area contributed by atoms with Gasteiger partial charge < -0.3 is 15.5 Å². The Morgan fingerprint density at radius 3 is 2.64 bits per heavy atom. The summed E-state index contributed by atoms with van der Waals surface area (Å²) in [7, 11) is 0. The predicted octanol–water partition coefficient (Wildman–Crippen LogP) is 3.70. The molecule has 1 aromatic carbocycles. The van der Waals surface area contributed by atoms with E-state index in [9.17, 15) is 14.4 Å². The summed E-state index contributed by atoms with van der Waals surface area (Å²) in [6.07, 6.45) is 3.70. The van der Waals surface area contributed by atoms with E-state index in [0.717, 1.165) is 47.3 Å². The van der Waals surface area contributed by atoms with Gasteiger partial charge in [0, 0.05) is 10.9 Å². The molecule has 0 saturated heterocycles. The molecule has 6 nitrogen and oxygen atoms in total. The number of anilines is 1. The van der Waals surface area contributed by atoms with Crippen molar-refractivity contribution in [2.24, 2.45) is 5.73 Å². The fourth-order valence-electron chi connectivity index (χ4n) is 3.80. The standard InChI is InChI=1S/C21H20N2O4S/c1-10-7-11(2)18-13(8-10)14(24)9-15(27-18)20(26)23-21-17(19(22)25)12-5-3-4-6-16(12)28-21/h7-9H,3-6H2,1-2H3,(H2,22,25)(H,23,26). The molecule has 0 bridgehead atoms. The van der Waals surface area contributed by atoms with E-state index in [2.05, 4.69) is 5.32 Å². The van der Waals surface area contributed by atoms with E-state index in [1.54, 1.807) is 6.07 Å². The molecule has 4 rings (SSSR count). The lowest BCUT2D eigenvalue weighted by Crippen LogP contribution is -2.19. The van der Waals surface area contributed by atoms with Crippen molar-refractivity contribution in [2.75, 3.05) is 5.32 Å². The summed E-state index contributed by atoms with van der Waals surface area (Å²) in [6.45, 7) is 3.73. The number of thiophene rings is 1. The van der Waals surface area contributed by atoms with Crippen LogP contribution in [0, 0.1) is 13.8 Å². The van der Waals surface area contributed by atoms with Crippen LogP contribution in [0.15, 0.2) is 27.4 Å². The van der Waals surface area contributed by atoms with Crippen molar-refractivity contribution >= 4 is 39.1 Å². The van der Waals surface area contributed by atoms with Crippen molar-refractivity contribution in [3.8, 4) is 0 Å². The Morgan fingerprint density at radius 2 is 1.89 bits per heavy atom. The second-order valence-corrected chi connectivity index (χ2v) is 8.27. The summed E-state index contributed by atoms with van der Waals surface area (Å²) >= 11 is 1.37. The number of benzene rings is 1. The van der Waals surface area contributed by atoms with E-state index in [-0.39, 0.29) is 11.2 Å². The lowest BCUT2D eigenvalue weighted by Gasteiger charge is -2.11. The second-order valence-electron chi connectivity index (χ2n) is 7.17. The number of amides is 2. The maximum Gasteiger partial charge on any atom is 0.292 e. The molecule has 0 saturated carbocycles. The van der Waals surface area contributed by atoms with Crippen LogP contribution in [0.1, 0.15) is 55.3 Å². The first-order chi connectivity index (χ1) is 13.3. The summed E-state index contributed by atoms with van der Waals surface area (Å²) in [4.78, 5) is 38.3. The molecule has 0 fully saturated rings. The van der Waals surface area contributed by atoms with Crippen LogP contribution in [0.2, 0.25) is 0 Å². The van der Waals surface area contributed by atoms with E-state index >= 15 is 0 Å². The summed E-state index contributed by atoms with van der Waals surface area (Å²) in [6, 6.07) is 4.83. The SMILES string of the molecule is Cc1cc(C)c2oc(C(=O)Nc3sc4c(c3C(N)=O)CCCC4)cc(=O)c2c1. The third kappa shape index (κ3) is 3.11. The van der Waals surface area contributed by atoms with Crippen molar-refractivity contribution in [3.05, 3.63) is 61.3 Å². The molecule has 3 aromatic rings. The van der Waals surface area contributed by atoms with Crippen LogP contribution in [0.3, 0.4) is 0 Å². The number of nitrogens with two attached hydrogens (primary N) is 1. The third-order valence-corrected chi connectivity index (χ3v) is 6.23. The normalized spacial score (nSPS) is 13.4. The summed E-state index contributed by atoms with van der Waals surface area (Å²) in [5, 5.41) is 3.60. The van der Waals surface area contributed by atoms with Crippen molar-refractivity contribution in [2.45, 2.75) is 39.5 Å². The van der Waals surface area contributed by atoms with Crippen molar-refractivity contribution < 1.29 is 14.0 Å². The molecule has 0 atom stereocenters. The second kappa shape index (κ2) is 6.91.